The molecule has 0 unspecified atom stereocenters. The summed E-state index contributed by atoms with van der Waals surface area (Å²) in [6.45, 7) is 0.933. The number of rotatable bonds is 3. The molecule has 1 aliphatic rings. The van der Waals surface area contributed by atoms with Crippen LogP contribution in [0.5, 0.6) is 0 Å². The summed E-state index contributed by atoms with van der Waals surface area (Å²) in [6, 6.07) is 19.2. The van der Waals surface area contributed by atoms with E-state index in [0.717, 1.165) is 16.9 Å². The third kappa shape index (κ3) is 3.11. The molecule has 0 atom stereocenters. The molecule has 3 aromatic rings. The maximum Gasteiger partial charge on any atom is 0.276 e. The number of fused-ring (bicyclic) bond motifs is 1. The van der Waals surface area contributed by atoms with Gasteiger partial charge in [-0.25, -0.2) is 4.68 Å². The third-order valence-corrected chi connectivity index (χ3v) is 4.60. The van der Waals surface area contributed by atoms with Gasteiger partial charge in [-0.3, -0.25) is 14.7 Å². The first-order valence-electron chi connectivity index (χ1n) is 8.62. The number of nitrogens with one attached hydrogen (secondary N) is 1. The molecular formula is C21H19N3O2. The monoisotopic (exact) mass is 345 g/mol. The third-order valence-electron chi connectivity index (χ3n) is 4.60. The summed E-state index contributed by atoms with van der Waals surface area (Å²) in [5.74, 6) is -0.0774. The Labute approximate surface area is 151 Å². The van der Waals surface area contributed by atoms with Crippen LogP contribution in [-0.4, -0.2) is 27.1 Å². The predicted octanol–water partition coefficient (Wildman–Crippen LogP) is 2.76. The molecule has 5 nitrogen and oxygen atoms in total. The molecule has 0 saturated carbocycles. The Morgan fingerprint density at radius 1 is 1.00 bits per heavy atom. The minimum Gasteiger partial charge on any atom is -0.334 e. The highest BCUT2D eigenvalue weighted by Gasteiger charge is 2.25. The smallest absolute Gasteiger partial charge is 0.276 e. The summed E-state index contributed by atoms with van der Waals surface area (Å²) in [5.41, 5.74) is 3.27. The van der Waals surface area contributed by atoms with Gasteiger partial charge in [0.05, 0.1) is 17.8 Å². The second kappa shape index (κ2) is 6.88. The fraction of sp³-hybridized carbons (Fsp3) is 0.143. The number of nitrogens with zero attached hydrogens (tertiary/aromatic N) is 2. The maximum atomic E-state index is 12.7. The minimum atomic E-state index is -0.0873. The molecule has 0 aliphatic carbocycles. The SMILES string of the molecule is O=C(/C=C/c1ccccc1)N1CCc2[nH]n(-c3ccccc3)c(=O)c2C1. The zero-order valence-corrected chi connectivity index (χ0v) is 14.3. The molecule has 0 spiro atoms. The number of hydrogen-bond donors (Lipinski definition) is 1. The maximum absolute atomic E-state index is 12.7. The van der Waals surface area contributed by atoms with E-state index in [9.17, 15) is 9.59 Å². The second-order valence-electron chi connectivity index (χ2n) is 6.30. The van der Waals surface area contributed by atoms with Crippen molar-refractivity contribution in [2.24, 2.45) is 0 Å². The first-order chi connectivity index (χ1) is 12.7. The molecule has 0 radical (unpaired) electrons. The van der Waals surface area contributed by atoms with Crippen LogP contribution < -0.4 is 5.56 Å². The fourth-order valence-electron chi connectivity index (χ4n) is 3.19. The molecule has 5 heteroatoms. The standard InChI is InChI=1S/C21H19N3O2/c25-20(12-11-16-7-3-1-4-8-16)23-14-13-19-18(15-23)21(26)24(22-19)17-9-5-2-6-10-17/h1-12,22H,13-15H2/b12-11+. The summed E-state index contributed by atoms with van der Waals surface area (Å²) in [5, 5.41) is 3.18. The number of H-pyrrole nitrogens is 1. The summed E-state index contributed by atoms with van der Waals surface area (Å²) in [6.07, 6.45) is 4.02. The van der Waals surface area contributed by atoms with Gasteiger partial charge in [-0.05, 0) is 23.8 Å². The summed E-state index contributed by atoms with van der Waals surface area (Å²) < 4.78 is 1.55. The average molecular weight is 345 g/mol. The van der Waals surface area contributed by atoms with Gasteiger partial charge in [0.2, 0.25) is 5.91 Å². The van der Waals surface area contributed by atoms with Crippen LogP contribution in [0, 0.1) is 0 Å². The number of aromatic nitrogens is 2. The Balaban J connectivity index is 1.55. The van der Waals surface area contributed by atoms with Gasteiger partial charge in [0.1, 0.15) is 0 Å². The van der Waals surface area contributed by atoms with Gasteiger partial charge in [-0.2, -0.15) is 0 Å². The summed E-state index contributed by atoms with van der Waals surface area (Å²) >= 11 is 0. The molecule has 26 heavy (non-hydrogen) atoms. The van der Waals surface area contributed by atoms with Crippen molar-refractivity contribution in [1.82, 2.24) is 14.7 Å². The molecule has 0 bridgehead atoms. The van der Waals surface area contributed by atoms with Crippen LogP contribution in [0.25, 0.3) is 11.8 Å². The van der Waals surface area contributed by atoms with Crippen LogP contribution in [-0.2, 0) is 17.8 Å². The predicted molar refractivity (Wildman–Crippen MR) is 101 cm³/mol. The topological polar surface area (TPSA) is 58.1 Å². The Hall–Kier alpha value is -3.34. The molecule has 2 aromatic carbocycles. The Morgan fingerprint density at radius 2 is 1.69 bits per heavy atom. The molecule has 130 valence electrons. The van der Waals surface area contributed by atoms with E-state index in [1.807, 2.05) is 60.7 Å². The lowest BCUT2D eigenvalue weighted by Gasteiger charge is -2.24. The molecule has 0 fully saturated rings. The van der Waals surface area contributed by atoms with E-state index in [4.69, 9.17) is 0 Å². The van der Waals surface area contributed by atoms with E-state index in [0.29, 0.717) is 25.1 Å². The van der Waals surface area contributed by atoms with Gasteiger partial charge in [0.25, 0.3) is 5.56 Å². The highest BCUT2D eigenvalue weighted by molar-refractivity contribution is 5.91. The first kappa shape index (κ1) is 16.1. The van der Waals surface area contributed by atoms with Crippen molar-refractivity contribution in [2.45, 2.75) is 13.0 Å². The number of carbonyl (C=O) groups excluding carboxylic acids is 1. The normalized spacial score (nSPS) is 13.8. The van der Waals surface area contributed by atoms with Crippen molar-refractivity contribution < 1.29 is 4.79 Å². The van der Waals surface area contributed by atoms with Crippen molar-refractivity contribution >= 4 is 12.0 Å². The van der Waals surface area contributed by atoms with Crippen molar-refractivity contribution in [3.05, 3.63) is 93.9 Å². The van der Waals surface area contributed by atoms with E-state index in [-0.39, 0.29) is 11.5 Å². The number of amides is 1. The Bertz CT molecular complexity index is 1000. The summed E-state index contributed by atoms with van der Waals surface area (Å²) in [4.78, 5) is 26.9. The molecule has 1 N–H and O–H groups in total. The number of hydrogen-bond acceptors (Lipinski definition) is 2. The van der Waals surface area contributed by atoms with E-state index in [1.165, 1.54) is 0 Å². The quantitative estimate of drug-likeness (QED) is 0.742. The number of benzene rings is 2. The zero-order chi connectivity index (χ0) is 17.9. The molecular weight excluding hydrogens is 326 g/mol. The molecule has 2 heterocycles. The van der Waals surface area contributed by atoms with Crippen LogP contribution in [0.2, 0.25) is 0 Å². The van der Waals surface area contributed by atoms with E-state index in [1.54, 1.807) is 21.7 Å². The average Bonchev–Trinajstić information content (AvgIpc) is 3.04. The minimum absolute atomic E-state index is 0.0774. The lowest BCUT2D eigenvalue weighted by Crippen LogP contribution is -2.36. The van der Waals surface area contributed by atoms with Crippen LogP contribution in [0.1, 0.15) is 16.8 Å². The van der Waals surface area contributed by atoms with E-state index < -0.39 is 0 Å². The van der Waals surface area contributed by atoms with E-state index in [2.05, 4.69) is 5.10 Å². The van der Waals surface area contributed by atoms with Gasteiger partial charge in [0, 0.05) is 24.7 Å². The van der Waals surface area contributed by atoms with Crippen molar-refractivity contribution in [3.8, 4) is 5.69 Å². The molecule has 1 aliphatic heterocycles. The zero-order valence-electron chi connectivity index (χ0n) is 14.3. The number of aromatic amines is 1. The summed E-state index contributed by atoms with van der Waals surface area (Å²) in [7, 11) is 0. The number of carbonyl (C=O) groups is 1. The van der Waals surface area contributed by atoms with Gasteiger partial charge in [0.15, 0.2) is 0 Å². The van der Waals surface area contributed by atoms with Gasteiger partial charge in [-0.15, -0.1) is 0 Å². The van der Waals surface area contributed by atoms with E-state index >= 15 is 0 Å². The van der Waals surface area contributed by atoms with Gasteiger partial charge in [-0.1, -0.05) is 48.5 Å². The molecule has 4 rings (SSSR count). The molecule has 1 aromatic heterocycles. The Morgan fingerprint density at radius 3 is 2.42 bits per heavy atom. The second-order valence-corrected chi connectivity index (χ2v) is 6.30. The highest BCUT2D eigenvalue weighted by Crippen LogP contribution is 2.16. The first-order valence-corrected chi connectivity index (χ1v) is 8.62. The van der Waals surface area contributed by atoms with Crippen LogP contribution in [0.4, 0.5) is 0 Å². The largest absolute Gasteiger partial charge is 0.334 e. The Kier molecular flexibility index (Phi) is 4.27. The van der Waals surface area contributed by atoms with Gasteiger partial charge >= 0.3 is 0 Å². The van der Waals surface area contributed by atoms with Crippen LogP contribution >= 0.6 is 0 Å². The highest BCUT2D eigenvalue weighted by atomic mass is 16.2. The van der Waals surface area contributed by atoms with Crippen LogP contribution in [0.15, 0.2) is 71.5 Å². The number of para-hydroxylation sites is 1. The van der Waals surface area contributed by atoms with Crippen molar-refractivity contribution in [2.75, 3.05) is 6.54 Å². The van der Waals surface area contributed by atoms with Crippen molar-refractivity contribution in [1.29, 1.82) is 0 Å². The van der Waals surface area contributed by atoms with Gasteiger partial charge < -0.3 is 4.90 Å². The van der Waals surface area contributed by atoms with Crippen LogP contribution in [0.3, 0.4) is 0 Å². The molecule has 0 saturated heterocycles. The fourth-order valence-corrected chi connectivity index (χ4v) is 3.19. The molecule has 1 amide bonds. The lowest BCUT2D eigenvalue weighted by atomic mass is 10.1. The van der Waals surface area contributed by atoms with Crippen molar-refractivity contribution in [3.63, 3.8) is 0 Å². The lowest BCUT2D eigenvalue weighted by molar-refractivity contribution is -0.126.